The summed E-state index contributed by atoms with van der Waals surface area (Å²) >= 11 is -1.63. The van der Waals surface area contributed by atoms with E-state index in [9.17, 15) is 4.21 Å². The standard InChI is InChI=1S/C6H14N2O2S/c7-6-4-8(5-6)2-1-3-11(9)10/h6H,1-5,7H2,(H,9,10). The molecule has 1 rings (SSSR count). The fourth-order valence-corrected chi connectivity index (χ4v) is 1.58. The number of hydrogen-bond acceptors (Lipinski definition) is 3. The fraction of sp³-hybridized carbons (Fsp3) is 1.00. The van der Waals surface area contributed by atoms with Crippen molar-refractivity contribution in [2.45, 2.75) is 12.5 Å². The molecule has 1 aliphatic heterocycles. The lowest BCUT2D eigenvalue weighted by atomic mass is 10.1. The lowest BCUT2D eigenvalue weighted by Crippen LogP contribution is -2.55. The first-order valence-corrected chi connectivity index (χ1v) is 5.01. The molecule has 0 saturated carbocycles. The van der Waals surface area contributed by atoms with Gasteiger partial charge >= 0.3 is 0 Å². The lowest BCUT2D eigenvalue weighted by Gasteiger charge is -2.36. The van der Waals surface area contributed by atoms with Crippen molar-refractivity contribution in [2.24, 2.45) is 5.73 Å². The van der Waals surface area contributed by atoms with Crippen molar-refractivity contribution in [2.75, 3.05) is 25.4 Å². The highest BCUT2D eigenvalue weighted by atomic mass is 32.2. The molecule has 1 unspecified atom stereocenters. The van der Waals surface area contributed by atoms with Gasteiger partial charge in [0.05, 0.1) is 5.75 Å². The van der Waals surface area contributed by atoms with Crippen LogP contribution >= 0.6 is 0 Å². The van der Waals surface area contributed by atoms with Gasteiger partial charge in [-0.05, 0) is 13.0 Å². The Bertz CT molecular complexity index is 148. The molecule has 1 atom stereocenters. The van der Waals surface area contributed by atoms with E-state index in [0.29, 0.717) is 11.8 Å². The van der Waals surface area contributed by atoms with Gasteiger partial charge in [-0.15, -0.1) is 0 Å². The van der Waals surface area contributed by atoms with E-state index in [1.54, 1.807) is 0 Å². The van der Waals surface area contributed by atoms with Gasteiger partial charge in [0.2, 0.25) is 0 Å². The Hall–Kier alpha value is 0.0300. The second-order valence-electron chi connectivity index (χ2n) is 2.90. The molecule has 4 nitrogen and oxygen atoms in total. The van der Waals surface area contributed by atoms with Crippen LogP contribution in [0.25, 0.3) is 0 Å². The van der Waals surface area contributed by atoms with Crippen molar-refractivity contribution in [1.82, 2.24) is 4.90 Å². The van der Waals surface area contributed by atoms with E-state index in [-0.39, 0.29) is 0 Å². The van der Waals surface area contributed by atoms with Crippen molar-refractivity contribution in [3.63, 3.8) is 0 Å². The number of likely N-dealkylation sites (tertiary alicyclic amines) is 1. The Balaban J connectivity index is 1.92. The first kappa shape index (κ1) is 9.12. The Morgan fingerprint density at radius 3 is 2.73 bits per heavy atom. The molecule has 1 fully saturated rings. The highest BCUT2D eigenvalue weighted by molar-refractivity contribution is 7.79. The van der Waals surface area contributed by atoms with Crippen LogP contribution in [0.5, 0.6) is 0 Å². The minimum absolute atomic E-state index is 0.328. The van der Waals surface area contributed by atoms with Crippen LogP contribution in [-0.2, 0) is 11.1 Å². The van der Waals surface area contributed by atoms with Gasteiger partial charge in [0.25, 0.3) is 0 Å². The van der Waals surface area contributed by atoms with Crippen molar-refractivity contribution >= 4 is 11.1 Å². The zero-order valence-electron chi connectivity index (χ0n) is 6.40. The van der Waals surface area contributed by atoms with Crippen LogP contribution in [0.15, 0.2) is 0 Å². The number of nitrogens with zero attached hydrogens (tertiary/aromatic N) is 1. The minimum Gasteiger partial charge on any atom is -0.325 e. The summed E-state index contributed by atoms with van der Waals surface area (Å²) in [7, 11) is 0. The number of nitrogens with two attached hydrogens (primary N) is 1. The van der Waals surface area contributed by atoms with E-state index in [1.807, 2.05) is 0 Å². The molecule has 66 valence electrons. The molecule has 11 heavy (non-hydrogen) atoms. The first-order valence-electron chi connectivity index (χ1n) is 3.74. The Labute approximate surface area is 69.0 Å². The molecule has 0 aromatic rings. The normalized spacial score (nSPS) is 23.1. The monoisotopic (exact) mass is 178 g/mol. The summed E-state index contributed by atoms with van der Waals surface area (Å²) in [6, 6.07) is 0.328. The molecule has 1 saturated heterocycles. The second-order valence-corrected chi connectivity index (χ2v) is 3.95. The summed E-state index contributed by atoms with van der Waals surface area (Å²) in [4.78, 5) is 2.19. The van der Waals surface area contributed by atoms with E-state index in [1.165, 1.54) is 0 Å². The summed E-state index contributed by atoms with van der Waals surface area (Å²) in [5, 5.41) is 0. The van der Waals surface area contributed by atoms with Crippen LogP contribution in [0.2, 0.25) is 0 Å². The molecule has 0 aromatic heterocycles. The molecule has 0 aromatic carbocycles. The largest absolute Gasteiger partial charge is 0.325 e. The maximum absolute atomic E-state index is 10.2. The zero-order valence-corrected chi connectivity index (χ0v) is 7.22. The second kappa shape index (κ2) is 4.15. The van der Waals surface area contributed by atoms with Gasteiger partial charge in [-0.2, -0.15) is 0 Å². The SMILES string of the molecule is NC1CN(CCCS(=O)O)C1. The maximum atomic E-state index is 10.2. The first-order chi connectivity index (χ1) is 5.18. The van der Waals surface area contributed by atoms with E-state index < -0.39 is 11.1 Å². The van der Waals surface area contributed by atoms with E-state index in [4.69, 9.17) is 10.3 Å². The van der Waals surface area contributed by atoms with Gasteiger partial charge < -0.3 is 15.2 Å². The quantitative estimate of drug-likeness (QED) is 0.555. The van der Waals surface area contributed by atoms with Crippen LogP contribution in [0.1, 0.15) is 6.42 Å². The molecule has 1 heterocycles. The topological polar surface area (TPSA) is 66.6 Å². The third kappa shape index (κ3) is 3.29. The van der Waals surface area contributed by atoms with E-state index in [2.05, 4.69) is 4.90 Å². The molecule has 0 amide bonds. The van der Waals surface area contributed by atoms with Crippen LogP contribution in [-0.4, -0.2) is 45.1 Å². The molecule has 3 N–H and O–H groups in total. The summed E-state index contributed by atoms with van der Waals surface area (Å²) < 4.78 is 18.7. The Kier molecular flexibility index (Phi) is 3.45. The molecule has 0 bridgehead atoms. The van der Waals surface area contributed by atoms with Crippen molar-refractivity contribution < 1.29 is 8.76 Å². The Morgan fingerprint density at radius 1 is 1.64 bits per heavy atom. The zero-order chi connectivity index (χ0) is 8.27. The van der Waals surface area contributed by atoms with Crippen LogP contribution in [0.4, 0.5) is 0 Å². The van der Waals surface area contributed by atoms with Gasteiger partial charge in [-0.25, -0.2) is 4.21 Å². The average molecular weight is 178 g/mol. The van der Waals surface area contributed by atoms with Crippen LogP contribution < -0.4 is 5.73 Å². The molecular formula is C6H14N2O2S. The van der Waals surface area contributed by atoms with Gasteiger partial charge in [-0.3, -0.25) is 0 Å². The number of hydrogen-bond donors (Lipinski definition) is 2. The Morgan fingerprint density at radius 2 is 2.27 bits per heavy atom. The summed E-state index contributed by atoms with van der Waals surface area (Å²) in [6.07, 6.45) is 0.788. The predicted octanol–water partition coefficient (Wildman–Crippen LogP) is -0.759. The highest BCUT2D eigenvalue weighted by Crippen LogP contribution is 2.05. The van der Waals surface area contributed by atoms with Gasteiger partial charge in [0.15, 0.2) is 11.1 Å². The lowest BCUT2D eigenvalue weighted by molar-refractivity contribution is 0.151. The van der Waals surface area contributed by atoms with Crippen LogP contribution in [0.3, 0.4) is 0 Å². The third-order valence-electron chi connectivity index (χ3n) is 1.78. The summed E-state index contributed by atoms with van der Waals surface area (Å²) in [5.74, 6) is 0.381. The minimum atomic E-state index is -1.63. The van der Waals surface area contributed by atoms with Crippen molar-refractivity contribution in [3.05, 3.63) is 0 Å². The molecule has 1 aliphatic rings. The summed E-state index contributed by atoms with van der Waals surface area (Å²) in [6.45, 7) is 2.79. The van der Waals surface area contributed by atoms with Crippen molar-refractivity contribution in [1.29, 1.82) is 0 Å². The van der Waals surface area contributed by atoms with Crippen molar-refractivity contribution in [3.8, 4) is 0 Å². The van der Waals surface area contributed by atoms with Gasteiger partial charge in [-0.1, -0.05) is 0 Å². The van der Waals surface area contributed by atoms with Crippen LogP contribution in [0, 0.1) is 0 Å². The van der Waals surface area contributed by atoms with E-state index in [0.717, 1.165) is 26.1 Å². The van der Waals surface area contributed by atoms with E-state index >= 15 is 0 Å². The van der Waals surface area contributed by atoms with Gasteiger partial charge in [0, 0.05) is 19.1 Å². The molecule has 0 aliphatic carbocycles. The maximum Gasteiger partial charge on any atom is 0.152 e. The van der Waals surface area contributed by atoms with Gasteiger partial charge in [0.1, 0.15) is 0 Å². The predicted molar refractivity (Wildman–Crippen MR) is 44.7 cm³/mol. The highest BCUT2D eigenvalue weighted by Gasteiger charge is 2.21. The third-order valence-corrected chi connectivity index (χ3v) is 2.42. The molecule has 0 radical (unpaired) electrons. The summed E-state index contributed by atoms with van der Waals surface area (Å²) in [5.41, 5.74) is 5.55. The average Bonchev–Trinajstić information content (AvgIpc) is 1.83. The molecular weight excluding hydrogens is 164 g/mol. The molecule has 5 heteroatoms. The smallest absolute Gasteiger partial charge is 0.152 e. The fourth-order valence-electron chi connectivity index (χ4n) is 1.20. The number of rotatable bonds is 4. The molecule has 0 spiro atoms.